The molecule has 92 valence electrons. The van der Waals surface area contributed by atoms with Gasteiger partial charge < -0.3 is 10.4 Å². The molecule has 0 aromatic rings. The van der Waals surface area contributed by atoms with Crippen molar-refractivity contribution in [2.24, 2.45) is 5.41 Å². The van der Waals surface area contributed by atoms with Gasteiger partial charge in [-0.05, 0) is 19.4 Å². The molecule has 15 heavy (non-hydrogen) atoms. The van der Waals surface area contributed by atoms with Crippen LogP contribution in [0, 0.1) is 5.41 Å². The molecule has 0 rings (SSSR count). The van der Waals surface area contributed by atoms with Crippen LogP contribution >= 0.6 is 0 Å². The van der Waals surface area contributed by atoms with Gasteiger partial charge in [-0.25, -0.2) is 0 Å². The minimum Gasteiger partial charge on any atom is -0.396 e. The van der Waals surface area contributed by atoms with Crippen molar-refractivity contribution in [3.63, 3.8) is 0 Å². The van der Waals surface area contributed by atoms with Crippen LogP contribution in [0.5, 0.6) is 0 Å². The van der Waals surface area contributed by atoms with E-state index in [2.05, 4.69) is 5.32 Å². The summed E-state index contributed by atoms with van der Waals surface area (Å²) in [5.74, 6) is 0. The zero-order valence-corrected chi connectivity index (χ0v) is 9.32. The number of alkyl halides is 3. The minimum atomic E-state index is -4.06. The molecule has 0 aromatic carbocycles. The summed E-state index contributed by atoms with van der Waals surface area (Å²) in [6, 6.07) is 0. The van der Waals surface area contributed by atoms with E-state index in [0.717, 1.165) is 6.42 Å². The standard InChI is InChI=1S/C10H20F3NO/c1-3-9(2,8-15)7-14-6-4-5-10(11,12)13/h14-15H,3-8H2,1-2H3. The highest BCUT2D eigenvalue weighted by molar-refractivity contribution is 4.74. The maximum Gasteiger partial charge on any atom is 0.389 e. The summed E-state index contributed by atoms with van der Waals surface area (Å²) in [6.07, 6.45) is -3.92. The molecule has 0 aromatic heterocycles. The largest absolute Gasteiger partial charge is 0.396 e. The Morgan fingerprint density at radius 1 is 1.27 bits per heavy atom. The average molecular weight is 227 g/mol. The molecule has 0 aliphatic rings. The van der Waals surface area contributed by atoms with Crippen molar-refractivity contribution in [3.05, 3.63) is 0 Å². The molecule has 0 radical (unpaired) electrons. The lowest BCUT2D eigenvalue weighted by Gasteiger charge is -2.25. The minimum absolute atomic E-state index is 0.0514. The third kappa shape index (κ3) is 7.62. The van der Waals surface area contributed by atoms with E-state index in [1.807, 2.05) is 13.8 Å². The van der Waals surface area contributed by atoms with E-state index in [1.165, 1.54) is 0 Å². The Balaban J connectivity index is 3.54. The quantitative estimate of drug-likeness (QED) is 0.654. The summed E-state index contributed by atoms with van der Waals surface area (Å²) >= 11 is 0. The summed E-state index contributed by atoms with van der Waals surface area (Å²) < 4.78 is 35.3. The molecular formula is C10H20F3NO. The van der Waals surface area contributed by atoms with Crippen molar-refractivity contribution in [1.29, 1.82) is 0 Å². The van der Waals surface area contributed by atoms with Crippen molar-refractivity contribution in [2.45, 2.75) is 39.3 Å². The van der Waals surface area contributed by atoms with Crippen molar-refractivity contribution in [2.75, 3.05) is 19.7 Å². The van der Waals surface area contributed by atoms with E-state index in [-0.39, 0.29) is 18.4 Å². The Bertz CT molecular complexity index is 167. The average Bonchev–Trinajstić information content (AvgIpc) is 2.15. The van der Waals surface area contributed by atoms with Gasteiger partial charge in [-0.2, -0.15) is 13.2 Å². The summed E-state index contributed by atoms with van der Waals surface area (Å²) in [6.45, 7) is 4.81. The summed E-state index contributed by atoms with van der Waals surface area (Å²) in [7, 11) is 0. The van der Waals surface area contributed by atoms with Gasteiger partial charge >= 0.3 is 6.18 Å². The van der Waals surface area contributed by atoms with Crippen molar-refractivity contribution >= 4 is 0 Å². The molecule has 0 fully saturated rings. The topological polar surface area (TPSA) is 32.3 Å². The molecule has 0 spiro atoms. The molecule has 2 N–H and O–H groups in total. The van der Waals surface area contributed by atoms with Gasteiger partial charge in [0.2, 0.25) is 0 Å². The molecular weight excluding hydrogens is 207 g/mol. The Kier molecular flexibility index (Phi) is 6.20. The number of rotatable bonds is 7. The Morgan fingerprint density at radius 3 is 2.27 bits per heavy atom. The monoisotopic (exact) mass is 227 g/mol. The lowest BCUT2D eigenvalue weighted by molar-refractivity contribution is -0.135. The van der Waals surface area contributed by atoms with Crippen LogP contribution in [0.3, 0.4) is 0 Å². The smallest absolute Gasteiger partial charge is 0.389 e. The van der Waals surface area contributed by atoms with Crippen LogP contribution in [0.1, 0.15) is 33.1 Å². The number of halogens is 3. The fourth-order valence-corrected chi connectivity index (χ4v) is 1.10. The van der Waals surface area contributed by atoms with Crippen LogP contribution in [0.2, 0.25) is 0 Å². The predicted molar refractivity (Wildman–Crippen MR) is 53.6 cm³/mol. The maximum atomic E-state index is 11.8. The van der Waals surface area contributed by atoms with E-state index < -0.39 is 12.6 Å². The molecule has 0 amide bonds. The number of hydrogen-bond acceptors (Lipinski definition) is 2. The second-order valence-electron chi connectivity index (χ2n) is 4.22. The zero-order valence-electron chi connectivity index (χ0n) is 9.32. The molecule has 5 heteroatoms. The fourth-order valence-electron chi connectivity index (χ4n) is 1.10. The number of aliphatic hydroxyl groups is 1. The first-order chi connectivity index (χ1) is 6.83. The van der Waals surface area contributed by atoms with Gasteiger partial charge in [0.25, 0.3) is 0 Å². The third-order valence-corrected chi connectivity index (χ3v) is 2.60. The van der Waals surface area contributed by atoms with E-state index in [4.69, 9.17) is 5.11 Å². The van der Waals surface area contributed by atoms with E-state index in [9.17, 15) is 13.2 Å². The molecule has 1 unspecified atom stereocenters. The van der Waals surface area contributed by atoms with Crippen LogP contribution in [0.25, 0.3) is 0 Å². The summed E-state index contributed by atoms with van der Waals surface area (Å²) in [5, 5.41) is 12.0. The van der Waals surface area contributed by atoms with E-state index in [0.29, 0.717) is 13.1 Å². The van der Waals surface area contributed by atoms with Gasteiger partial charge in [0, 0.05) is 25.0 Å². The third-order valence-electron chi connectivity index (χ3n) is 2.60. The van der Waals surface area contributed by atoms with Gasteiger partial charge in [-0.1, -0.05) is 13.8 Å². The molecule has 0 heterocycles. The zero-order chi connectivity index (χ0) is 11.9. The number of hydrogen-bond donors (Lipinski definition) is 2. The molecule has 0 aliphatic carbocycles. The van der Waals surface area contributed by atoms with Crippen LogP contribution in [0.15, 0.2) is 0 Å². The first-order valence-corrected chi connectivity index (χ1v) is 5.21. The molecule has 2 nitrogen and oxygen atoms in total. The second-order valence-corrected chi connectivity index (χ2v) is 4.22. The first kappa shape index (κ1) is 14.7. The number of nitrogens with one attached hydrogen (secondary N) is 1. The maximum absolute atomic E-state index is 11.8. The highest BCUT2D eigenvalue weighted by Gasteiger charge is 2.26. The van der Waals surface area contributed by atoms with Gasteiger partial charge in [0.05, 0.1) is 0 Å². The van der Waals surface area contributed by atoms with Crippen LogP contribution in [0.4, 0.5) is 13.2 Å². The Hall–Kier alpha value is -0.290. The van der Waals surface area contributed by atoms with Crippen LogP contribution < -0.4 is 5.32 Å². The summed E-state index contributed by atoms with van der Waals surface area (Å²) in [5.41, 5.74) is -0.224. The highest BCUT2D eigenvalue weighted by Crippen LogP contribution is 2.21. The van der Waals surface area contributed by atoms with Crippen LogP contribution in [-0.4, -0.2) is 31.0 Å². The Labute approximate surface area is 88.9 Å². The Morgan fingerprint density at radius 2 is 1.87 bits per heavy atom. The van der Waals surface area contributed by atoms with Gasteiger partial charge in [-0.15, -0.1) is 0 Å². The van der Waals surface area contributed by atoms with Crippen molar-refractivity contribution < 1.29 is 18.3 Å². The van der Waals surface area contributed by atoms with Gasteiger partial charge in [-0.3, -0.25) is 0 Å². The lowest BCUT2D eigenvalue weighted by atomic mass is 9.89. The summed E-state index contributed by atoms with van der Waals surface area (Å²) in [4.78, 5) is 0. The predicted octanol–water partition coefficient (Wildman–Crippen LogP) is 2.33. The van der Waals surface area contributed by atoms with Gasteiger partial charge in [0.1, 0.15) is 0 Å². The van der Waals surface area contributed by atoms with Crippen molar-refractivity contribution in [1.82, 2.24) is 5.32 Å². The van der Waals surface area contributed by atoms with Crippen LogP contribution in [-0.2, 0) is 0 Å². The molecule has 0 bridgehead atoms. The van der Waals surface area contributed by atoms with E-state index in [1.54, 1.807) is 0 Å². The second kappa shape index (κ2) is 6.33. The van der Waals surface area contributed by atoms with Crippen molar-refractivity contribution in [3.8, 4) is 0 Å². The molecule has 0 aliphatic heterocycles. The van der Waals surface area contributed by atoms with Gasteiger partial charge in [0.15, 0.2) is 0 Å². The molecule has 0 saturated carbocycles. The fraction of sp³-hybridized carbons (Fsp3) is 1.00. The molecule has 1 atom stereocenters. The number of aliphatic hydroxyl groups excluding tert-OH is 1. The first-order valence-electron chi connectivity index (χ1n) is 5.21. The lowest BCUT2D eigenvalue weighted by Crippen LogP contribution is -2.35. The molecule has 0 saturated heterocycles. The highest BCUT2D eigenvalue weighted by atomic mass is 19.4. The normalized spacial score (nSPS) is 16.4. The SMILES string of the molecule is CCC(C)(CO)CNCCCC(F)(F)F. The van der Waals surface area contributed by atoms with E-state index >= 15 is 0 Å².